The van der Waals surface area contributed by atoms with Gasteiger partial charge in [-0.05, 0) is 24.7 Å². The van der Waals surface area contributed by atoms with E-state index in [1.54, 1.807) is 7.11 Å². The molecule has 23 heavy (non-hydrogen) atoms. The quantitative estimate of drug-likeness (QED) is 0.236. The first kappa shape index (κ1) is 25.2. The Morgan fingerprint density at radius 2 is 1.83 bits per heavy atom. The van der Waals surface area contributed by atoms with E-state index in [1.807, 2.05) is 0 Å². The molecule has 0 saturated heterocycles. The third kappa shape index (κ3) is 14.0. The molecule has 0 heterocycles. The highest BCUT2D eigenvalue weighted by molar-refractivity contribution is 14.0. The molecule has 0 saturated carbocycles. The maximum atomic E-state index is 5.58. The van der Waals surface area contributed by atoms with E-state index in [-0.39, 0.29) is 35.5 Å². The van der Waals surface area contributed by atoms with Crippen molar-refractivity contribution in [2.75, 3.05) is 40.0 Å². The minimum atomic E-state index is 0. The van der Waals surface area contributed by atoms with Crippen molar-refractivity contribution < 1.29 is 9.47 Å². The van der Waals surface area contributed by atoms with Crippen LogP contribution in [0.2, 0.25) is 0 Å². The second kappa shape index (κ2) is 14.3. The summed E-state index contributed by atoms with van der Waals surface area (Å²) in [7, 11) is 1.75. The maximum absolute atomic E-state index is 5.58. The van der Waals surface area contributed by atoms with Crippen LogP contribution >= 0.6 is 24.0 Å². The number of hydrogen-bond donors (Lipinski definition) is 2. The smallest absolute Gasteiger partial charge is 0.191 e. The molecule has 0 radical (unpaired) electrons. The van der Waals surface area contributed by atoms with E-state index < -0.39 is 0 Å². The Balaban J connectivity index is 0. The van der Waals surface area contributed by atoms with E-state index in [0.717, 1.165) is 38.7 Å². The first-order valence-electron chi connectivity index (χ1n) is 8.44. The lowest BCUT2D eigenvalue weighted by molar-refractivity contribution is 0.0241. The fraction of sp³-hybridized carbons (Fsp3) is 0.941. The molecule has 0 bridgehead atoms. The van der Waals surface area contributed by atoms with Crippen molar-refractivity contribution in [3.8, 4) is 0 Å². The Hall–Kier alpha value is -0.0800. The lowest BCUT2D eigenvalue weighted by Gasteiger charge is -2.28. The maximum Gasteiger partial charge on any atom is 0.191 e. The van der Waals surface area contributed by atoms with Gasteiger partial charge in [0.25, 0.3) is 0 Å². The summed E-state index contributed by atoms with van der Waals surface area (Å²) >= 11 is 0. The molecule has 0 aliphatic rings. The van der Waals surface area contributed by atoms with Gasteiger partial charge in [-0.3, -0.25) is 4.99 Å². The van der Waals surface area contributed by atoms with Crippen LogP contribution in [-0.2, 0) is 9.47 Å². The molecule has 5 nitrogen and oxygen atoms in total. The summed E-state index contributed by atoms with van der Waals surface area (Å²) in [5.41, 5.74) is 0.0836. The number of aliphatic imine (C=N–C) groups is 1. The normalized spacial score (nSPS) is 13.7. The van der Waals surface area contributed by atoms with Crippen LogP contribution in [0.5, 0.6) is 0 Å². The number of nitrogens with zero attached hydrogens (tertiary/aromatic N) is 1. The number of nitrogens with one attached hydrogen (secondary N) is 2. The Morgan fingerprint density at radius 3 is 2.30 bits per heavy atom. The third-order valence-corrected chi connectivity index (χ3v) is 3.22. The molecule has 0 spiro atoms. The number of methoxy groups -OCH3 is 1. The van der Waals surface area contributed by atoms with Gasteiger partial charge in [0.1, 0.15) is 0 Å². The molecule has 1 unspecified atom stereocenters. The molecule has 0 aliphatic heterocycles. The molecule has 0 fully saturated rings. The third-order valence-electron chi connectivity index (χ3n) is 3.22. The Kier molecular flexibility index (Phi) is 15.6. The SMILES string of the molecule is CCNC(=NCC(OC)C(C)(C)C)NCCCOCC(C)C.I. The van der Waals surface area contributed by atoms with Gasteiger partial charge in [0.2, 0.25) is 0 Å². The Bertz CT molecular complexity index is 305. The molecule has 0 amide bonds. The van der Waals surface area contributed by atoms with Crippen molar-refractivity contribution in [2.24, 2.45) is 16.3 Å². The highest BCUT2D eigenvalue weighted by atomic mass is 127. The summed E-state index contributed by atoms with van der Waals surface area (Å²) in [6.07, 6.45) is 1.08. The van der Waals surface area contributed by atoms with Crippen molar-refractivity contribution in [1.29, 1.82) is 0 Å². The summed E-state index contributed by atoms with van der Waals surface area (Å²) < 4.78 is 11.1. The zero-order chi connectivity index (χ0) is 17.0. The molecule has 0 rings (SSSR count). The first-order valence-corrected chi connectivity index (χ1v) is 8.44. The number of ether oxygens (including phenoxy) is 2. The minimum Gasteiger partial charge on any atom is -0.381 e. The first-order chi connectivity index (χ1) is 10.3. The van der Waals surface area contributed by atoms with E-state index in [9.17, 15) is 0 Å². The van der Waals surface area contributed by atoms with Gasteiger partial charge in [-0.25, -0.2) is 0 Å². The molecule has 2 N–H and O–H groups in total. The average Bonchev–Trinajstić information content (AvgIpc) is 2.41. The monoisotopic (exact) mass is 443 g/mol. The number of halogens is 1. The van der Waals surface area contributed by atoms with Crippen LogP contribution in [0.1, 0.15) is 48.0 Å². The van der Waals surface area contributed by atoms with E-state index >= 15 is 0 Å². The van der Waals surface area contributed by atoms with Crippen molar-refractivity contribution in [2.45, 2.75) is 54.1 Å². The van der Waals surface area contributed by atoms with Gasteiger partial charge in [0, 0.05) is 33.4 Å². The zero-order valence-corrected chi connectivity index (χ0v) is 18.4. The van der Waals surface area contributed by atoms with Gasteiger partial charge in [-0.2, -0.15) is 0 Å². The van der Waals surface area contributed by atoms with E-state index in [0.29, 0.717) is 12.5 Å². The van der Waals surface area contributed by atoms with Crippen molar-refractivity contribution in [3.63, 3.8) is 0 Å². The average molecular weight is 443 g/mol. The number of guanidine groups is 1. The summed E-state index contributed by atoms with van der Waals surface area (Å²) in [5, 5.41) is 6.61. The van der Waals surface area contributed by atoms with Crippen molar-refractivity contribution >= 4 is 29.9 Å². The summed E-state index contributed by atoms with van der Waals surface area (Å²) in [5.74, 6) is 1.44. The molecular formula is C17H38IN3O2. The fourth-order valence-corrected chi connectivity index (χ4v) is 1.92. The Morgan fingerprint density at radius 1 is 1.17 bits per heavy atom. The molecule has 0 aromatic carbocycles. The highest BCUT2D eigenvalue weighted by Gasteiger charge is 2.23. The van der Waals surface area contributed by atoms with Crippen molar-refractivity contribution in [3.05, 3.63) is 0 Å². The largest absolute Gasteiger partial charge is 0.381 e. The summed E-state index contributed by atoms with van der Waals surface area (Å²) in [6, 6.07) is 0. The van der Waals surface area contributed by atoms with Crippen LogP contribution in [0.15, 0.2) is 4.99 Å². The standard InChI is InChI=1S/C17H37N3O2.HI/c1-8-18-16(19-10-9-11-22-13-14(2)3)20-12-15(21-7)17(4,5)6;/h14-15H,8-13H2,1-7H3,(H2,18,19,20);1H. The van der Waals surface area contributed by atoms with Gasteiger partial charge in [0.05, 0.1) is 12.6 Å². The van der Waals surface area contributed by atoms with Crippen molar-refractivity contribution in [1.82, 2.24) is 10.6 Å². The molecule has 0 aliphatic carbocycles. The summed E-state index contributed by atoms with van der Waals surface area (Å²) in [6.45, 7) is 16.9. The predicted octanol–water partition coefficient (Wildman–Crippen LogP) is 3.28. The molecule has 6 heteroatoms. The van der Waals surface area contributed by atoms with Gasteiger partial charge >= 0.3 is 0 Å². The van der Waals surface area contributed by atoms with Crippen LogP contribution in [0.3, 0.4) is 0 Å². The topological polar surface area (TPSA) is 54.9 Å². The van der Waals surface area contributed by atoms with E-state index in [1.165, 1.54) is 0 Å². The number of rotatable bonds is 10. The molecule has 1 atom stereocenters. The van der Waals surface area contributed by atoms with Gasteiger partial charge in [0.15, 0.2) is 5.96 Å². The molecule has 0 aromatic rings. The lowest BCUT2D eigenvalue weighted by Crippen LogP contribution is -2.40. The van der Waals surface area contributed by atoms with Crippen LogP contribution in [0.4, 0.5) is 0 Å². The second-order valence-electron chi connectivity index (χ2n) is 7.06. The lowest BCUT2D eigenvalue weighted by atomic mass is 9.89. The second-order valence-corrected chi connectivity index (χ2v) is 7.06. The zero-order valence-electron chi connectivity index (χ0n) is 16.1. The van der Waals surface area contributed by atoms with E-state index in [4.69, 9.17) is 9.47 Å². The van der Waals surface area contributed by atoms with E-state index in [2.05, 4.69) is 57.2 Å². The minimum absolute atomic E-state index is 0. The van der Waals surface area contributed by atoms with Crippen LogP contribution in [0.25, 0.3) is 0 Å². The molecule has 0 aromatic heterocycles. The highest BCUT2D eigenvalue weighted by Crippen LogP contribution is 2.21. The van der Waals surface area contributed by atoms with Crippen LogP contribution in [-0.4, -0.2) is 52.0 Å². The number of hydrogen-bond acceptors (Lipinski definition) is 3. The van der Waals surface area contributed by atoms with Crippen LogP contribution < -0.4 is 10.6 Å². The Labute approximate surface area is 160 Å². The van der Waals surface area contributed by atoms with Gasteiger partial charge in [-0.15, -0.1) is 24.0 Å². The van der Waals surface area contributed by atoms with Gasteiger partial charge < -0.3 is 20.1 Å². The molecular weight excluding hydrogens is 405 g/mol. The fourth-order valence-electron chi connectivity index (χ4n) is 1.92. The predicted molar refractivity (Wildman–Crippen MR) is 110 cm³/mol. The van der Waals surface area contributed by atoms with Gasteiger partial charge in [-0.1, -0.05) is 34.6 Å². The molecule has 140 valence electrons. The summed E-state index contributed by atoms with van der Waals surface area (Å²) in [4.78, 5) is 4.63. The van der Waals surface area contributed by atoms with Crippen LogP contribution in [0, 0.1) is 11.3 Å².